The molecule has 0 N–H and O–H groups in total. The molecule has 1 aliphatic rings. The fourth-order valence-corrected chi connectivity index (χ4v) is 2.08. The highest BCUT2D eigenvalue weighted by molar-refractivity contribution is 5.13. The van der Waals surface area contributed by atoms with Crippen molar-refractivity contribution in [2.45, 2.75) is 44.8 Å². The van der Waals surface area contributed by atoms with E-state index in [1.165, 1.54) is 37.7 Å². The maximum atomic E-state index is 5.97. The minimum atomic E-state index is 0.449. The zero-order valence-electron chi connectivity index (χ0n) is 9.77. The van der Waals surface area contributed by atoms with E-state index in [1.54, 1.807) is 0 Å². The van der Waals surface area contributed by atoms with Crippen LogP contribution in [0.15, 0.2) is 42.5 Å². The van der Waals surface area contributed by atoms with Crippen molar-refractivity contribution in [2.24, 2.45) is 0 Å². The third-order valence-electron chi connectivity index (χ3n) is 3.05. The molecule has 2 rings (SSSR count). The number of hydrogen-bond acceptors (Lipinski definition) is 1. The summed E-state index contributed by atoms with van der Waals surface area (Å²) in [4.78, 5) is 0. The molecule has 0 aliphatic heterocycles. The van der Waals surface area contributed by atoms with Gasteiger partial charge in [-0.05, 0) is 37.7 Å². The topological polar surface area (TPSA) is 9.23 Å². The monoisotopic (exact) mass is 216 g/mol. The quantitative estimate of drug-likeness (QED) is 0.691. The summed E-state index contributed by atoms with van der Waals surface area (Å²) in [5.41, 5.74) is 1.28. The summed E-state index contributed by atoms with van der Waals surface area (Å²) in [6.07, 6.45) is 11.1. The van der Waals surface area contributed by atoms with E-state index >= 15 is 0 Å². The van der Waals surface area contributed by atoms with Gasteiger partial charge in [0.15, 0.2) is 0 Å². The SMILES string of the molecule is C1=C\CCC(OCc2ccccc2)CCC/1. The van der Waals surface area contributed by atoms with Crippen molar-refractivity contribution in [2.75, 3.05) is 0 Å². The first-order chi connectivity index (χ1) is 7.95. The second-order valence-electron chi connectivity index (χ2n) is 4.40. The fourth-order valence-electron chi connectivity index (χ4n) is 2.08. The van der Waals surface area contributed by atoms with E-state index in [4.69, 9.17) is 4.74 Å². The highest BCUT2D eigenvalue weighted by atomic mass is 16.5. The maximum Gasteiger partial charge on any atom is 0.0720 e. The van der Waals surface area contributed by atoms with E-state index in [-0.39, 0.29) is 0 Å². The summed E-state index contributed by atoms with van der Waals surface area (Å²) in [5.74, 6) is 0. The Morgan fingerprint density at radius 2 is 1.81 bits per heavy atom. The summed E-state index contributed by atoms with van der Waals surface area (Å²) in [6, 6.07) is 10.4. The smallest absolute Gasteiger partial charge is 0.0720 e. The first-order valence-electron chi connectivity index (χ1n) is 6.25. The minimum absolute atomic E-state index is 0.449. The van der Waals surface area contributed by atoms with Crippen LogP contribution in [0.25, 0.3) is 0 Å². The molecule has 1 heteroatoms. The first kappa shape index (κ1) is 11.4. The van der Waals surface area contributed by atoms with Crippen LogP contribution in [0, 0.1) is 0 Å². The number of allylic oxidation sites excluding steroid dienone is 2. The molecule has 0 spiro atoms. The van der Waals surface area contributed by atoms with Crippen molar-refractivity contribution in [3.05, 3.63) is 48.0 Å². The van der Waals surface area contributed by atoms with Gasteiger partial charge in [-0.3, -0.25) is 0 Å². The van der Waals surface area contributed by atoms with Gasteiger partial charge in [0.1, 0.15) is 0 Å². The van der Waals surface area contributed by atoms with Crippen molar-refractivity contribution in [1.82, 2.24) is 0 Å². The van der Waals surface area contributed by atoms with E-state index < -0.39 is 0 Å². The first-order valence-corrected chi connectivity index (χ1v) is 6.25. The second kappa shape index (κ2) is 6.49. The lowest BCUT2D eigenvalue weighted by Gasteiger charge is -2.18. The number of hydrogen-bond donors (Lipinski definition) is 0. The molecule has 1 atom stereocenters. The summed E-state index contributed by atoms with van der Waals surface area (Å²) in [5, 5.41) is 0. The molecule has 0 saturated carbocycles. The summed E-state index contributed by atoms with van der Waals surface area (Å²) < 4.78 is 5.97. The van der Waals surface area contributed by atoms with Crippen LogP contribution >= 0.6 is 0 Å². The van der Waals surface area contributed by atoms with Gasteiger partial charge in [0.25, 0.3) is 0 Å². The van der Waals surface area contributed by atoms with Crippen LogP contribution < -0.4 is 0 Å². The highest BCUT2D eigenvalue weighted by Gasteiger charge is 2.09. The molecule has 0 radical (unpaired) electrons. The zero-order chi connectivity index (χ0) is 11.1. The predicted octanol–water partition coefficient (Wildman–Crippen LogP) is 4.09. The summed E-state index contributed by atoms with van der Waals surface area (Å²) in [7, 11) is 0. The Labute approximate surface area is 98.1 Å². The van der Waals surface area contributed by atoms with Crippen molar-refractivity contribution in [3.63, 3.8) is 0 Å². The van der Waals surface area contributed by atoms with Crippen LogP contribution in [0.3, 0.4) is 0 Å². The lowest BCUT2D eigenvalue weighted by atomic mass is 10.0. The summed E-state index contributed by atoms with van der Waals surface area (Å²) >= 11 is 0. The Kier molecular flexibility index (Phi) is 4.63. The molecule has 0 fully saturated rings. The molecule has 0 saturated heterocycles. The molecule has 1 aromatic rings. The lowest BCUT2D eigenvalue weighted by Crippen LogP contribution is -2.13. The van der Waals surface area contributed by atoms with Gasteiger partial charge in [-0.15, -0.1) is 0 Å². The van der Waals surface area contributed by atoms with Gasteiger partial charge in [0.05, 0.1) is 12.7 Å². The van der Waals surface area contributed by atoms with Crippen LogP contribution in [0.5, 0.6) is 0 Å². The lowest BCUT2D eigenvalue weighted by molar-refractivity contribution is 0.0284. The molecule has 1 aliphatic carbocycles. The molecule has 0 aromatic heterocycles. The van der Waals surface area contributed by atoms with Crippen LogP contribution in [-0.4, -0.2) is 6.10 Å². The van der Waals surface area contributed by atoms with Crippen molar-refractivity contribution < 1.29 is 4.74 Å². The molecular weight excluding hydrogens is 196 g/mol. The Morgan fingerprint density at radius 3 is 2.69 bits per heavy atom. The van der Waals surface area contributed by atoms with Crippen LogP contribution in [0.2, 0.25) is 0 Å². The number of ether oxygens (including phenoxy) is 1. The molecule has 16 heavy (non-hydrogen) atoms. The predicted molar refractivity (Wildman–Crippen MR) is 67.2 cm³/mol. The van der Waals surface area contributed by atoms with Crippen LogP contribution in [0.1, 0.15) is 37.7 Å². The van der Waals surface area contributed by atoms with Gasteiger partial charge in [-0.25, -0.2) is 0 Å². The van der Waals surface area contributed by atoms with Gasteiger partial charge < -0.3 is 4.74 Å². The normalized spacial score (nSPS) is 23.4. The van der Waals surface area contributed by atoms with Crippen molar-refractivity contribution in [3.8, 4) is 0 Å². The largest absolute Gasteiger partial charge is 0.374 e. The Morgan fingerprint density at radius 1 is 1.00 bits per heavy atom. The van der Waals surface area contributed by atoms with Gasteiger partial charge in [0.2, 0.25) is 0 Å². The third-order valence-corrected chi connectivity index (χ3v) is 3.05. The molecule has 1 nitrogen and oxygen atoms in total. The zero-order valence-corrected chi connectivity index (χ0v) is 9.77. The van der Waals surface area contributed by atoms with Crippen LogP contribution in [0.4, 0.5) is 0 Å². The van der Waals surface area contributed by atoms with E-state index in [2.05, 4.69) is 36.4 Å². The molecule has 0 bridgehead atoms. The van der Waals surface area contributed by atoms with Crippen molar-refractivity contribution >= 4 is 0 Å². The number of rotatable bonds is 3. The Bertz CT molecular complexity index is 315. The van der Waals surface area contributed by atoms with E-state index in [0.29, 0.717) is 6.10 Å². The van der Waals surface area contributed by atoms with E-state index in [9.17, 15) is 0 Å². The molecule has 1 unspecified atom stereocenters. The van der Waals surface area contributed by atoms with Gasteiger partial charge in [-0.2, -0.15) is 0 Å². The average Bonchev–Trinajstić information content (AvgIpc) is 2.29. The molecule has 0 amide bonds. The molecule has 1 aromatic carbocycles. The van der Waals surface area contributed by atoms with Gasteiger partial charge in [0, 0.05) is 0 Å². The third kappa shape index (κ3) is 3.82. The second-order valence-corrected chi connectivity index (χ2v) is 4.40. The standard InChI is InChI=1S/C15H20O/c1-2-7-11-15(12-8-3-1)16-13-14-9-5-4-6-10-14/h1-2,4-6,9-10,15H,3,7-8,11-13H2/b2-1-. The Hall–Kier alpha value is -1.08. The number of benzene rings is 1. The Balaban J connectivity index is 1.78. The van der Waals surface area contributed by atoms with Gasteiger partial charge in [-0.1, -0.05) is 42.5 Å². The maximum absolute atomic E-state index is 5.97. The van der Waals surface area contributed by atoms with Crippen LogP contribution in [-0.2, 0) is 11.3 Å². The van der Waals surface area contributed by atoms with Gasteiger partial charge >= 0.3 is 0 Å². The van der Waals surface area contributed by atoms with E-state index in [1.807, 2.05) is 6.07 Å². The molecule has 0 heterocycles. The minimum Gasteiger partial charge on any atom is -0.374 e. The fraction of sp³-hybridized carbons (Fsp3) is 0.467. The van der Waals surface area contributed by atoms with E-state index in [0.717, 1.165) is 6.61 Å². The van der Waals surface area contributed by atoms with Crippen molar-refractivity contribution in [1.29, 1.82) is 0 Å². The average molecular weight is 216 g/mol. The highest BCUT2D eigenvalue weighted by Crippen LogP contribution is 2.16. The molecular formula is C15H20O. The summed E-state index contributed by atoms with van der Waals surface area (Å²) in [6.45, 7) is 0.759. The molecule has 86 valence electrons.